The Morgan fingerprint density at radius 1 is 1.25 bits per heavy atom. The van der Waals surface area contributed by atoms with Crippen LogP contribution in [0, 0.1) is 6.92 Å². The van der Waals surface area contributed by atoms with Crippen molar-refractivity contribution in [3.63, 3.8) is 0 Å². The van der Waals surface area contributed by atoms with Gasteiger partial charge in [0.05, 0.1) is 10.6 Å². The Labute approximate surface area is 121 Å². The van der Waals surface area contributed by atoms with Crippen molar-refractivity contribution in [1.82, 2.24) is 4.90 Å². The largest absolute Gasteiger partial charge is 0.343 e. The third kappa shape index (κ3) is 4.34. The van der Waals surface area contributed by atoms with Crippen LogP contribution < -0.4 is 0 Å². The molecule has 5 heteroatoms. The molecule has 112 valence electrons. The summed E-state index contributed by atoms with van der Waals surface area (Å²) in [5.41, 5.74) is 1.01. The van der Waals surface area contributed by atoms with Crippen molar-refractivity contribution in [1.29, 1.82) is 0 Å². The molecule has 0 aromatic heterocycles. The first-order chi connectivity index (χ1) is 9.27. The number of amides is 1. The molecule has 1 atom stereocenters. The number of hydrogen-bond acceptors (Lipinski definition) is 3. The van der Waals surface area contributed by atoms with Crippen LogP contribution in [0.15, 0.2) is 29.2 Å². The Morgan fingerprint density at radius 2 is 1.80 bits per heavy atom. The van der Waals surface area contributed by atoms with Gasteiger partial charge in [0.25, 0.3) is 0 Å². The Bertz CT molecular complexity index is 549. The fourth-order valence-corrected chi connectivity index (χ4v) is 3.01. The fourth-order valence-electron chi connectivity index (χ4n) is 1.78. The second-order valence-electron chi connectivity index (χ2n) is 5.14. The van der Waals surface area contributed by atoms with Gasteiger partial charge in [-0.3, -0.25) is 4.79 Å². The first-order valence-electron chi connectivity index (χ1n) is 6.83. The molecule has 0 N–H and O–H groups in total. The topological polar surface area (TPSA) is 54.5 Å². The van der Waals surface area contributed by atoms with Crippen molar-refractivity contribution in [3.05, 3.63) is 29.8 Å². The van der Waals surface area contributed by atoms with Crippen LogP contribution in [0.3, 0.4) is 0 Å². The van der Waals surface area contributed by atoms with Crippen molar-refractivity contribution in [2.45, 2.75) is 44.6 Å². The van der Waals surface area contributed by atoms with Crippen LogP contribution in [0.1, 0.15) is 32.3 Å². The molecule has 0 spiro atoms. The minimum absolute atomic E-state index is 0.0249. The quantitative estimate of drug-likeness (QED) is 0.810. The minimum atomic E-state index is -3.39. The predicted octanol–water partition coefficient (Wildman–Crippen LogP) is 2.42. The van der Waals surface area contributed by atoms with Gasteiger partial charge in [-0.1, -0.05) is 24.6 Å². The number of carbonyl (C=O) groups is 1. The molecular formula is C15H23NO3S. The SMILES string of the molecule is CCC(C)N(C)C(=O)CCS(=O)(=O)c1ccc(C)cc1. The highest BCUT2D eigenvalue weighted by atomic mass is 32.2. The molecule has 0 saturated carbocycles. The normalized spacial score (nSPS) is 13.0. The molecule has 1 aromatic rings. The number of rotatable bonds is 6. The Hall–Kier alpha value is -1.36. The van der Waals surface area contributed by atoms with Gasteiger partial charge in [0.15, 0.2) is 9.84 Å². The van der Waals surface area contributed by atoms with E-state index in [1.54, 1.807) is 36.2 Å². The molecule has 0 aliphatic heterocycles. The van der Waals surface area contributed by atoms with E-state index >= 15 is 0 Å². The second kappa shape index (κ2) is 6.88. The summed E-state index contributed by atoms with van der Waals surface area (Å²) in [5, 5.41) is 0. The number of sulfone groups is 1. The molecule has 0 fully saturated rings. The molecule has 0 aliphatic rings. The smallest absolute Gasteiger partial charge is 0.223 e. The molecule has 1 unspecified atom stereocenters. The average Bonchev–Trinajstić information content (AvgIpc) is 2.43. The molecule has 0 radical (unpaired) electrons. The van der Waals surface area contributed by atoms with E-state index in [0.29, 0.717) is 0 Å². The van der Waals surface area contributed by atoms with Gasteiger partial charge < -0.3 is 4.90 Å². The predicted molar refractivity (Wildman–Crippen MR) is 80.4 cm³/mol. The molecule has 0 bridgehead atoms. The van der Waals surface area contributed by atoms with E-state index in [2.05, 4.69) is 0 Å². The van der Waals surface area contributed by atoms with E-state index in [-0.39, 0.29) is 29.0 Å². The van der Waals surface area contributed by atoms with E-state index in [1.165, 1.54) is 0 Å². The Balaban J connectivity index is 2.69. The summed E-state index contributed by atoms with van der Waals surface area (Å²) in [4.78, 5) is 13.8. The summed E-state index contributed by atoms with van der Waals surface area (Å²) in [6, 6.07) is 6.84. The van der Waals surface area contributed by atoms with Gasteiger partial charge in [-0.15, -0.1) is 0 Å². The van der Waals surface area contributed by atoms with Crippen LogP contribution in [0.5, 0.6) is 0 Å². The minimum Gasteiger partial charge on any atom is -0.343 e. The van der Waals surface area contributed by atoms with E-state index in [4.69, 9.17) is 0 Å². The lowest BCUT2D eigenvalue weighted by molar-refractivity contribution is -0.131. The Kier molecular flexibility index (Phi) is 5.74. The van der Waals surface area contributed by atoms with Gasteiger partial charge in [0.2, 0.25) is 5.91 Å². The van der Waals surface area contributed by atoms with E-state index in [9.17, 15) is 13.2 Å². The van der Waals surface area contributed by atoms with Gasteiger partial charge in [0, 0.05) is 19.5 Å². The van der Waals surface area contributed by atoms with E-state index in [0.717, 1.165) is 12.0 Å². The highest BCUT2D eigenvalue weighted by molar-refractivity contribution is 7.91. The zero-order valence-corrected chi connectivity index (χ0v) is 13.4. The summed E-state index contributed by atoms with van der Waals surface area (Å²) in [5.74, 6) is -0.273. The summed E-state index contributed by atoms with van der Waals surface area (Å²) < 4.78 is 24.3. The third-order valence-corrected chi connectivity index (χ3v) is 5.34. The monoisotopic (exact) mass is 297 g/mol. The van der Waals surface area contributed by atoms with Crippen molar-refractivity contribution in [3.8, 4) is 0 Å². The van der Waals surface area contributed by atoms with Gasteiger partial charge in [-0.25, -0.2) is 8.42 Å². The first kappa shape index (κ1) is 16.7. The highest BCUT2D eigenvalue weighted by Gasteiger charge is 2.19. The second-order valence-corrected chi connectivity index (χ2v) is 7.25. The summed E-state index contributed by atoms with van der Waals surface area (Å²) in [6.45, 7) is 5.85. The van der Waals surface area contributed by atoms with Crippen molar-refractivity contribution in [2.75, 3.05) is 12.8 Å². The summed E-state index contributed by atoms with van der Waals surface area (Å²) in [7, 11) is -1.67. The van der Waals surface area contributed by atoms with E-state index < -0.39 is 9.84 Å². The number of carbonyl (C=O) groups excluding carboxylic acids is 1. The van der Waals surface area contributed by atoms with Crippen LogP contribution in [-0.2, 0) is 14.6 Å². The van der Waals surface area contributed by atoms with Crippen LogP contribution in [-0.4, -0.2) is 38.1 Å². The van der Waals surface area contributed by atoms with Crippen LogP contribution in [0.2, 0.25) is 0 Å². The fraction of sp³-hybridized carbons (Fsp3) is 0.533. The molecule has 0 saturated heterocycles. The highest BCUT2D eigenvalue weighted by Crippen LogP contribution is 2.14. The maximum absolute atomic E-state index is 12.1. The number of aryl methyl sites for hydroxylation is 1. The molecule has 20 heavy (non-hydrogen) atoms. The van der Waals surface area contributed by atoms with Gasteiger partial charge in [-0.2, -0.15) is 0 Å². The standard InChI is InChI=1S/C15H23NO3S/c1-5-13(3)16(4)15(17)10-11-20(18,19)14-8-6-12(2)7-9-14/h6-9,13H,5,10-11H2,1-4H3. The molecule has 1 aromatic carbocycles. The maximum Gasteiger partial charge on any atom is 0.223 e. The van der Waals surface area contributed by atoms with Crippen LogP contribution in [0.25, 0.3) is 0 Å². The number of benzene rings is 1. The summed E-state index contributed by atoms with van der Waals surface area (Å²) in [6.07, 6.45) is 0.879. The molecule has 0 heterocycles. The zero-order chi connectivity index (χ0) is 15.3. The Morgan fingerprint density at radius 3 is 2.30 bits per heavy atom. The average molecular weight is 297 g/mol. The lowest BCUT2D eigenvalue weighted by Crippen LogP contribution is -2.35. The lowest BCUT2D eigenvalue weighted by atomic mass is 10.2. The molecular weight excluding hydrogens is 274 g/mol. The van der Waals surface area contributed by atoms with Gasteiger partial charge in [0.1, 0.15) is 0 Å². The van der Waals surface area contributed by atoms with Crippen LogP contribution in [0.4, 0.5) is 0 Å². The van der Waals surface area contributed by atoms with Crippen molar-refractivity contribution < 1.29 is 13.2 Å². The molecule has 4 nitrogen and oxygen atoms in total. The third-order valence-electron chi connectivity index (χ3n) is 3.61. The molecule has 0 aliphatic carbocycles. The van der Waals surface area contributed by atoms with Crippen molar-refractivity contribution in [2.24, 2.45) is 0 Å². The number of nitrogens with zero attached hydrogens (tertiary/aromatic N) is 1. The molecule has 1 amide bonds. The van der Waals surface area contributed by atoms with Crippen LogP contribution >= 0.6 is 0 Å². The summed E-state index contributed by atoms with van der Waals surface area (Å²) >= 11 is 0. The van der Waals surface area contributed by atoms with Gasteiger partial charge in [-0.05, 0) is 32.4 Å². The van der Waals surface area contributed by atoms with Crippen molar-refractivity contribution >= 4 is 15.7 Å². The maximum atomic E-state index is 12.1. The lowest BCUT2D eigenvalue weighted by Gasteiger charge is -2.23. The van der Waals surface area contributed by atoms with Gasteiger partial charge >= 0.3 is 0 Å². The number of hydrogen-bond donors (Lipinski definition) is 0. The zero-order valence-electron chi connectivity index (χ0n) is 12.6. The molecule has 1 rings (SSSR count). The van der Waals surface area contributed by atoms with E-state index in [1.807, 2.05) is 20.8 Å². The first-order valence-corrected chi connectivity index (χ1v) is 8.48.